The van der Waals surface area contributed by atoms with Crippen LogP contribution in [0.25, 0.3) is 6.08 Å². The van der Waals surface area contributed by atoms with E-state index in [4.69, 9.17) is 27.9 Å². The van der Waals surface area contributed by atoms with Crippen LogP contribution in [0, 0.1) is 0 Å². The third kappa shape index (κ3) is 4.77. The Balaban J connectivity index is 1.59. The molecule has 0 aliphatic carbocycles. The lowest BCUT2D eigenvalue weighted by Crippen LogP contribution is -2.39. The van der Waals surface area contributed by atoms with E-state index in [1.54, 1.807) is 35.8 Å². The molecule has 5 nitrogen and oxygen atoms in total. The van der Waals surface area contributed by atoms with Crippen LogP contribution in [-0.2, 0) is 16.1 Å². The van der Waals surface area contributed by atoms with Crippen LogP contribution in [0.15, 0.2) is 87.1 Å². The zero-order valence-electron chi connectivity index (χ0n) is 18.4. The van der Waals surface area contributed by atoms with Crippen LogP contribution in [0.3, 0.4) is 0 Å². The average molecular weight is 541 g/mol. The van der Waals surface area contributed by atoms with Gasteiger partial charge in [0.25, 0.3) is 5.56 Å². The fourth-order valence-corrected chi connectivity index (χ4v) is 6.18. The molecule has 1 aliphatic heterocycles. The Labute approximate surface area is 218 Å². The molecule has 35 heavy (non-hydrogen) atoms. The molecular formula is C26H18Cl2N2O3S2. The number of carbonyl (C=O) groups is 1. The summed E-state index contributed by atoms with van der Waals surface area (Å²) in [5.74, 6) is -0.497. The number of esters is 1. The average Bonchev–Trinajstić information content (AvgIpc) is 3.48. The van der Waals surface area contributed by atoms with Crippen LogP contribution in [-0.4, -0.2) is 10.5 Å². The minimum Gasteiger partial charge on any atom is -0.457 e. The van der Waals surface area contributed by atoms with Crippen molar-refractivity contribution in [3.8, 4) is 0 Å². The number of nitrogens with zero attached hydrogens (tertiary/aromatic N) is 2. The first-order valence-corrected chi connectivity index (χ1v) is 13.1. The molecule has 0 amide bonds. The molecule has 2 aromatic carbocycles. The zero-order valence-corrected chi connectivity index (χ0v) is 21.5. The van der Waals surface area contributed by atoms with E-state index in [1.165, 1.54) is 22.7 Å². The van der Waals surface area contributed by atoms with Gasteiger partial charge in [0.05, 0.1) is 15.8 Å². The van der Waals surface area contributed by atoms with Gasteiger partial charge in [-0.25, -0.2) is 9.79 Å². The first-order valence-electron chi connectivity index (χ1n) is 10.6. The predicted molar refractivity (Wildman–Crippen MR) is 141 cm³/mol. The lowest BCUT2D eigenvalue weighted by atomic mass is 10.0. The third-order valence-electron chi connectivity index (χ3n) is 5.52. The molecular weight excluding hydrogens is 523 g/mol. The number of hydrogen-bond acceptors (Lipinski definition) is 6. The van der Waals surface area contributed by atoms with E-state index in [2.05, 4.69) is 4.99 Å². The number of fused-ring (bicyclic) bond motifs is 1. The molecule has 9 heteroatoms. The molecule has 1 atom stereocenters. The van der Waals surface area contributed by atoms with Crippen LogP contribution >= 0.6 is 45.9 Å². The monoisotopic (exact) mass is 540 g/mol. The maximum Gasteiger partial charge on any atom is 0.338 e. The summed E-state index contributed by atoms with van der Waals surface area (Å²) in [7, 11) is 0. The van der Waals surface area contributed by atoms with Crippen molar-refractivity contribution >= 4 is 57.9 Å². The number of benzene rings is 2. The molecule has 3 heterocycles. The molecule has 0 fully saturated rings. The number of carbonyl (C=O) groups excluding carboxylic acids is 1. The highest BCUT2D eigenvalue weighted by Crippen LogP contribution is 2.33. The van der Waals surface area contributed by atoms with E-state index in [0.29, 0.717) is 36.2 Å². The first-order chi connectivity index (χ1) is 16.9. The Bertz CT molecular complexity index is 1620. The fourth-order valence-electron chi connectivity index (χ4n) is 3.86. The predicted octanol–water partition coefficient (Wildman–Crippen LogP) is 5.35. The van der Waals surface area contributed by atoms with Crippen LogP contribution in [0.1, 0.15) is 29.0 Å². The quantitative estimate of drug-likeness (QED) is 0.320. The normalized spacial score (nSPS) is 15.6. The maximum atomic E-state index is 13.6. The van der Waals surface area contributed by atoms with Crippen LogP contribution < -0.4 is 14.9 Å². The number of allylic oxidation sites excluding steroid dienone is 1. The fraction of sp³-hybridized carbons (Fsp3) is 0.115. The topological polar surface area (TPSA) is 60.7 Å². The van der Waals surface area contributed by atoms with Crippen molar-refractivity contribution < 1.29 is 9.53 Å². The highest BCUT2D eigenvalue weighted by molar-refractivity contribution is 7.10. The number of hydrogen-bond donors (Lipinski definition) is 0. The number of aromatic nitrogens is 1. The second-order valence-electron chi connectivity index (χ2n) is 7.82. The molecule has 5 rings (SSSR count). The maximum absolute atomic E-state index is 13.6. The van der Waals surface area contributed by atoms with Gasteiger partial charge in [0, 0.05) is 14.9 Å². The van der Waals surface area contributed by atoms with Crippen molar-refractivity contribution in [3.63, 3.8) is 0 Å². The van der Waals surface area contributed by atoms with Crippen LogP contribution in [0.5, 0.6) is 0 Å². The van der Waals surface area contributed by atoms with Crippen molar-refractivity contribution in [1.82, 2.24) is 4.57 Å². The third-order valence-corrected chi connectivity index (χ3v) is 7.99. The number of thiophene rings is 1. The minimum absolute atomic E-state index is 0.132. The van der Waals surface area contributed by atoms with Crippen LogP contribution in [0.2, 0.25) is 10.0 Å². The summed E-state index contributed by atoms with van der Waals surface area (Å²) >= 11 is 15.1. The van der Waals surface area contributed by atoms with E-state index < -0.39 is 12.0 Å². The lowest BCUT2D eigenvalue weighted by Gasteiger charge is -2.23. The van der Waals surface area contributed by atoms with Crippen molar-refractivity contribution in [3.05, 3.63) is 123 Å². The summed E-state index contributed by atoms with van der Waals surface area (Å²) in [4.78, 5) is 32.9. The Morgan fingerprint density at radius 1 is 1.14 bits per heavy atom. The van der Waals surface area contributed by atoms with Crippen molar-refractivity contribution in [2.24, 2.45) is 4.99 Å². The number of thiazole rings is 1. The summed E-state index contributed by atoms with van der Waals surface area (Å²) in [6.07, 6.45) is 1.72. The molecule has 2 aromatic heterocycles. The zero-order chi connectivity index (χ0) is 24.5. The summed E-state index contributed by atoms with van der Waals surface area (Å²) in [5.41, 5.74) is 2.18. The number of halogens is 2. The molecule has 0 spiro atoms. The van der Waals surface area contributed by atoms with Gasteiger partial charge >= 0.3 is 5.97 Å². The number of ether oxygens (including phenoxy) is 1. The summed E-state index contributed by atoms with van der Waals surface area (Å²) in [6.45, 7) is 1.90. The Morgan fingerprint density at radius 2 is 1.94 bits per heavy atom. The van der Waals surface area contributed by atoms with E-state index in [1.807, 2.05) is 47.8 Å². The van der Waals surface area contributed by atoms with E-state index in [0.717, 1.165) is 10.4 Å². The standard InChI is InChI=1S/C26H18Cl2N2O3S2/c1-15-22(25(32)33-14-16-6-3-2-4-7-16)23(20-8-5-11-34-20)30-24(31)21(35-26(30)29-15)12-17-9-10-18(27)13-19(17)28/h2-13,23H,14H2,1H3/b21-12-/t23-/m0/s1. The highest BCUT2D eigenvalue weighted by atomic mass is 35.5. The van der Waals surface area contributed by atoms with Gasteiger partial charge in [-0.15, -0.1) is 11.3 Å². The van der Waals surface area contributed by atoms with Gasteiger partial charge in [-0.3, -0.25) is 9.36 Å². The molecule has 4 aromatic rings. The van der Waals surface area contributed by atoms with Gasteiger partial charge in [0.2, 0.25) is 0 Å². The van der Waals surface area contributed by atoms with Crippen molar-refractivity contribution in [2.75, 3.05) is 0 Å². The van der Waals surface area contributed by atoms with Gasteiger partial charge in [-0.1, -0.05) is 77.0 Å². The molecule has 176 valence electrons. The first kappa shape index (κ1) is 23.8. The lowest BCUT2D eigenvalue weighted by molar-refractivity contribution is -0.140. The van der Waals surface area contributed by atoms with Crippen molar-refractivity contribution in [2.45, 2.75) is 19.6 Å². The van der Waals surface area contributed by atoms with Crippen LogP contribution in [0.4, 0.5) is 0 Å². The summed E-state index contributed by atoms with van der Waals surface area (Å²) < 4.78 is 7.68. The van der Waals surface area contributed by atoms with Gasteiger partial charge in [0.15, 0.2) is 4.80 Å². The molecule has 0 saturated heterocycles. The molecule has 1 aliphatic rings. The smallest absolute Gasteiger partial charge is 0.338 e. The highest BCUT2D eigenvalue weighted by Gasteiger charge is 2.34. The van der Waals surface area contributed by atoms with Gasteiger partial charge < -0.3 is 4.74 Å². The molecule has 0 N–H and O–H groups in total. The Hall–Kier alpha value is -2.97. The van der Waals surface area contributed by atoms with E-state index in [9.17, 15) is 9.59 Å². The van der Waals surface area contributed by atoms with E-state index in [-0.39, 0.29) is 12.2 Å². The summed E-state index contributed by atoms with van der Waals surface area (Å²) in [5, 5.41) is 2.88. The van der Waals surface area contributed by atoms with E-state index >= 15 is 0 Å². The molecule has 0 saturated carbocycles. The Kier molecular flexibility index (Phi) is 6.75. The van der Waals surface area contributed by atoms with Gasteiger partial charge in [-0.05, 0) is 47.7 Å². The molecule has 0 bridgehead atoms. The Morgan fingerprint density at radius 3 is 2.66 bits per heavy atom. The largest absolute Gasteiger partial charge is 0.457 e. The van der Waals surface area contributed by atoms with Gasteiger partial charge in [-0.2, -0.15) is 0 Å². The molecule has 0 radical (unpaired) electrons. The second-order valence-corrected chi connectivity index (χ2v) is 10.7. The van der Waals surface area contributed by atoms with Gasteiger partial charge in [0.1, 0.15) is 12.6 Å². The SMILES string of the molecule is CC1=C(C(=O)OCc2ccccc2)[C@H](c2cccs2)n2c(s/c(=C\c3ccc(Cl)cc3Cl)c2=O)=N1. The minimum atomic E-state index is -0.627. The number of rotatable bonds is 5. The second kappa shape index (κ2) is 9.95. The van der Waals surface area contributed by atoms with Crippen molar-refractivity contribution in [1.29, 1.82) is 0 Å². The molecule has 0 unspecified atom stereocenters. The summed E-state index contributed by atoms with van der Waals surface area (Å²) in [6, 6.07) is 17.7.